The molecule has 0 atom stereocenters. The number of aromatic hydroxyl groups is 1. The molecule has 2 aromatic carbocycles. The van der Waals surface area contributed by atoms with Gasteiger partial charge in [-0.2, -0.15) is 0 Å². The van der Waals surface area contributed by atoms with Crippen molar-refractivity contribution in [1.29, 1.82) is 0 Å². The van der Waals surface area contributed by atoms with Gasteiger partial charge >= 0.3 is 0 Å². The molecule has 0 saturated carbocycles. The van der Waals surface area contributed by atoms with Crippen molar-refractivity contribution in [2.75, 3.05) is 10.6 Å². The van der Waals surface area contributed by atoms with Crippen LogP contribution in [0.5, 0.6) is 5.75 Å². The molecule has 104 valence electrons. The fourth-order valence-electron chi connectivity index (χ4n) is 1.77. The topological polar surface area (TPSA) is 61.4 Å². The molecule has 0 heterocycles. The van der Waals surface area contributed by atoms with Gasteiger partial charge in [0, 0.05) is 34.9 Å². The highest BCUT2D eigenvalue weighted by atomic mass is 79.9. The average Bonchev–Trinajstić information content (AvgIpc) is 2.41. The number of carbonyl (C=O) groups excluding carboxylic acids is 1. The average molecular weight is 335 g/mol. The Bertz CT molecular complexity index is 612. The Hall–Kier alpha value is -2.01. The van der Waals surface area contributed by atoms with Crippen LogP contribution in [0.15, 0.2) is 46.9 Å². The molecule has 0 spiro atoms. The molecule has 20 heavy (non-hydrogen) atoms. The van der Waals surface area contributed by atoms with E-state index in [1.54, 1.807) is 12.1 Å². The summed E-state index contributed by atoms with van der Waals surface area (Å²) < 4.78 is 0.924. The van der Waals surface area contributed by atoms with E-state index in [9.17, 15) is 9.90 Å². The van der Waals surface area contributed by atoms with Crippen LogP contribution < -0.4 is 10.6 Å². The summed E-state index contributed by atoms with van der Waals surface area (Å²) >= 11 is 3.38. The molecule has 0 aliphatic carbocycles. The summed E-state index contributed by atoms with van der Waals surface area (Å²) in [4.78, 5) is 10.9. The minimum absolute atomic E-state index is 0.0928. The number of rotatable bonds is 4. The second-order valence-electron chi connectivity index (χ2n) is 4.39. The molecule has 0 unspecified atom stereocenters. The first-order chi connectivity index (χ1) is 9.54. The van der Waals surface area contributed by atoms with E-state index in [1.807, 2.05) is 30.3 Å². The van der Waals surface area contributed by atoms with E-state index in [2.05, 4.69) is 26.6 Å². The molecule has 3 N–H and O–H groups in total. The molecule has 5 heteroatoms. The molecular weight excluding hydrogens is 320 g/mol. The smallest absolute Gasteiger partial charge is 0.221 e. The van der Waals surface area contributed by atoms with Crippen molar-refractivity contribution < 1.29 is 9.90 Å². The Balaban J connectivity index is 2.00. The highest BCUT2D eigenvalue weighted by molar-refractivity contribution is 9.10. The molecule has 0 radical (unpaired) electrons. The van der Waals surface area contributed by atoms with E-state index in [-0.39, 0.29) is 11.7 Å². The normalized spacial score (nSPS) is 10.1. The van der Waals surface area contributed by atoms with Crippen LogP contribution in [0.3, 0.4) is 0 Å². The van der Waals surface area contributed by atoms with Crippen molar-refractivity contribution in [2.24, 2.45) is 0 Å². The third kappa shape index (κ3) is 3.99. The van der Waals surface area contributed by atoms with Gasteiger partial charge in [0.05, 0.1) is 0 Å². The number of hydrogen-bond acceptors (Lipinski definition) is 3. The molecule has 4 nitrogen and oxygen atoms in total. The van der Waals surface area contributed by atoms with Crippen LogP contribution in [0.25, 0.3) is 0 Å². The maximum absolute atomic E-state index is 10.9. The van der Waals surface area contributed by atoms with Gasteiger partial charge in [-0.3, -0.25) is 4.79 Å². The molecule has 2 rings (SSSR count). The maximum atomic E-state index is 10.9. The predicted octanol–water partition coefficient (Wildman–Crippen LogP) is 3.73. The van der Waals surface area contributed by atoms with Gasteiger partial charge in [-0.1, -0.05) is 15.9 Å². The molecule has 0 aliphatic rings. The number of hydrogen-bond donors (Lipinski definition) is 3. The van der Waals surface area contributed by atoms with E-state index >= 15 is 0 Å². The maximum Gasteiger partial charge on any atom is 0.221 e. The van der Waals surface area contributed by atoms with Crippen molar-refractivity contribution in [1.82, 2.24) is 0 Å². The fourth-order valence-corrected chi connectivity index (χ4v) is 2.18. The van der Waals surface area contributed by atoms with Crippen LogP contribution in [-0.2, 0) is 11.3 Å². The van der Waals surface area contributed by atoms with Gasteiger partial charge in [0.1, 0.15) is 5.75 Å². The number of nitrogens with one attached hydrogen (secondary N) is 2. The van der Waals surface area contributed by atoms with Crippen LogP contribution in [0, 0.1) is 0 Å². The Morgan fingerprint density at radius 3 is 2.45 bits per heavy atom. The molecule has 0 fully saturated rings. The van der Waals surface area contributed by atoms with Crippen LogP contribution >= 0.6 is 15.9 Å². The lowest BCUT2D eigenvalue weighted by Gasteiger charge is -2.09. The van der Waals surface area contributed by atoms with Gasteiger partial charge in [0.15, 0.2) is 0 Å². The van der Waals surface area contributed by atoms with E-state index in [1.165, 1.54) is 6.92 Å². The monoisotopic (exact) mass is 334 g/mol. The summed E-state index contributed by atoms with van der Waals surface area (Å²) in [6.45, 7) is 1.99. The second kappa shape index (κ2) is 6.43. The zero-order chi connectivity index (χ0) is 14.5. The summed E-state index contributed by atoms with van der Waals surface area (Å²) in [7, 11) is 0. The lowest BCUT2D eigenvalue weighted by atomic mass is 10.2. The second-order valence-corrected chi connectivity index (χ2v) is 5.30. The summed E-state index contributed by atoms with van der Waals surface area (Å²) in [6.07, 6.45) is 0. The Kier molecular flexibility index (Phi) is 4.63. The zero-order valence-electron chi connectivity index (χ0n) is 11.0. The van der Waals surface area contributed by atoms with Crippen molar-refractivity contribution in [2.45, 2.75) is 13.5 Å². The molecule has 0 aliphatic heterocycles. The lowest BCUT2D eigenvalue weighted by molar-refractivity contribution is -0.114. The minimum atomic E-state index is -0.0928. The van der Waals surface area contributed by atoms with Crippen molar-refractivity contribution >= 4 is 33.2 Å². The van der Waals surface area contributed by atoms with Gasteiger partial charge in [-0.25, -0.2) is 0 Å². The summed E-state index contributed by atoms with van der Waals surface area (Å²) in [5.41, 5.74) is 2.48. The summed E-state index contributed by atoms with van der Waals surface area (Å²) in [5, 5.41) is 15.7. The zero-order valence-corrected chi connectivity index (χ0v) is 12.6. The number of phenols is 1. The van der Waals surface area contributed by atoms with Gasteiger partial charge in [-0.05, 0) is 42.5 Å². The Morgan fingerprint density at radius 2 is 1.80 bits per heavy atom. The molecule has 1 amide bonds. The first-order valence-electron chi connectivity index (χ1n) is 6.13. The van der Waals surface area contributed by atoms with Gasteiger partial charge in [-0.15, -0.1) is 0 Å². The highest BCUT2D eigenvalue weighted by Gasteiger charge is 2.02. The summed E-state index contributed by atoms with van der Waals surface area (Å²) in [6, 6.07) is 12.7. The number of carbonyl (C=O) groups is 1. The van der Waals surface area contributed by atoms with Crippen LogP contribution in [0.4, 0.5) is 11.4 Å². The van der Waals surface area contributed by atoms with Gasteiger partial charge < -0.3 is 15.7 Å². The van der Waals surface area contributed by atoms with Gasteiger partial charge in [0.25, 0.3) is 0 Å². The van der Waals surface area contributed by atoms with E-state index < -0.39 is 0 Å². The van der Waals surface area contributed by atoms with E-state index in [0.717, 1.165) is 21.4 Å². The molecule has 0 bridgehead atoms. The fraction of sp³-hybridized carbons (Fsp3) is 0.133. The third-order valence-corrected chi connectivity index (χ3v) is 3.22. The number of amides is 1. The lowest BCUT2D eigenvalue weighted by Crippen LogP contribution is -2.05. The van der Waals surface area contributed by atoms with Gasteiger partial charge in [0.2, 0.25) is 5.91 Å². The molecule has 0 aromatic heterocycles. The van der Waals surface area contributed by atoms with E-state index in [0.29, 0.717) is 6.54 Å². The third-order valence-electron chi connectivity index (χ3n) is 2.73. The first kappa shape index (κ1) is 14.4. The minimum Gasteiger partial charge on any atom is -0.508 e. The molecule has 2 aromatic rings. The van der Waals surface area contributed by atoms with Crippen molar-refractivity contribution in [3.63, 3.8) is 0 Å². The number of anilines is 2. The summed E-state index contributed by atoms with van der Waals surface area (Å²) in [5.74, 6) is 0.167. The Labute approximate surface area is 126 Å². The first-order valence-corrected chi connectivity index (χ1v) is 6.93. The molecular formula is C15H15BrN2O2. The quantitative estimate of drug-likeness (QED) is 0.798. The predicted molar refractivity (Wildman–Crippen MR) is 83.9 cm³/mol. The highest BCUT2D eigenvalue weighted by Crippen LogP contribution is 2.23. The van der Waals surface area contributed by atoms with Crippen LogP contribution in [0.1, 0.15) is 12.5 Å². The Morgan fingerprint density at radius 1 is 1.15 bits per heavy atom. The standard InChI is InChI=1S/C15H15BrN2O2/c1-10(19)18-14-5-3-13(4-6-14)17-9-11-8-12(16)2-7-15(11)20/h2-8,17,20H,9H2,1H3,(H,18,19). The largest absolute Gasteiger partial charge is 0.508 e. The van der Waals surface area contributed by atoms with Crippen molar-refractivity contribution in [3.8, 4) is 5.75 Å². The van der Waals surface area contributed by atoms with Crippen molar-refractivity contribution in [3.05, 3.63) is 52.5 Å². The molecule has 0 saturated heterocycles. The van der Waals surface area contributed by atoms with Crippen LogP contribution in [0.2, 0.25) is 0 Å². The van der Waals surface area contributed by atoms with Crippen LogP contribution in [-0.4, -0.2) is 11.0 Å². The SMILES string of the molecule is CC(=O)Nc1ccc(NCc2cc(Br)ccc2O)cc1. The number of benzene rings is 2. The number of phenolic OH excluding ortho intramolecular Hbond substituents is 1. The number of halogens is 1. The van der Waals surface area contributed by atoms with E-state index in [4.69, 9.17) is 0 Å².